The molecule has 1 aromatic heterocycles. The van der Waals surface area contributed by atoms with Crippen LogP contribution >= 0.6 is 12.2 Å². The molecule has 1 N–H and O–H groups in total. The Morgan fingerprint density at radius 3 is 2.80 bits per heavy atom. The normalized spacial score (nSPS) is 17.3. The van der Waals surface area contributed by atoms with Crippen LogP contribution in [0.3, 0.4) is 0 Å². The summed E-state index contributed by atoms with van der Waals surface area (Å²) in [6.07, 6.45) is 9.68. The van der Waals surface area contributed by atoms with Gasteiger partial charge in [0.1, 0.15) is 17.0 Å². The molecule has 1 saturated carbocycles. The van der Waals surface area contributed by atoms with Crippen LogP contribution in [0, 0.1) is 0 Å². The zero-order chi connectivity index (χ0) is 10.5. The Bertz CT molecular complexity index is 320. The first-order valence-corrected chi connectivity index (χ1v) is 5.84. The SMILES string of the molecule is S=C(NC1CCCCC1)c1ccncn1. The highest BCUT2D eigenvalue weighted by Gasteiger charge is 2.14. The number of nitrogens with one attached hydrogen (secondary N) is 1. The van der Waals surface area contributed by atoms with Crippen molar-refractivity contribution in [2.45, 2.75) is 38.1 Å². The summed E-state index contributed by atoms with van der Waals surface area (Å²) in [4.78, 5) is 8.76. The highest BCUT2D eigenvalue weighted by atomic mass is 32.1. The van der Waals surface area contributed by atoms with E-state index >= 15 is 0 Å². The van der Waals surface area contributed by atoms with E-state index in [4.69, 9.17) is 12.2 Å². The molecule has 2 rings (SSSR count). The molecule has 1 fully saturated rings. The standard InChI is InChI=1S/C11H15N3S/c15-11(10-6-7-12-8-13-10)14-9-4-2-1-3-5-9/h6-9H,1-5H2,(H,14,15). The van der Waals surface area contributed by atoms with Crippen LogP contribution in [0.15, 0.2) is 18.6 Å². The monoisotopic (exact) mass is 221 g/mol. The summed E-state index contributed by atoms with van der Waals surface area (Å²) >= 11 is 5.30. The first-order valence-electron chi connectivity index (χ1n) is 5.43. The fourth-order valence-electron chi connectivity index (χ4n) is 1.93. The molecule has 0 bridgehead atoms. The van der Waals surface area contributed by atoms with Crippen LogP contribution in [0.4, 0.5) is 0 Å². The Morgan fingerprint density at radius 2 is 2.13 bits per heavy atom. The fraction of sp³-hybridized carbons (Fsp3) is 0.545. The van der Waals surface area contributed by atoms with Crippen LogP contribution in [0.2, 0.25) is 0 Å². The first-order chi connectivity index (χ1) is 7.36. The number of aromatic nitrogens is 2. The Balaban J connectivity index is 1.91. The van der Waals surface area contributed by atoms with E-state index in [1.54, 1.807) is 6.20 Å². The molecule has 0 amide bonds. The minimum Gasteiger partial charge on any atom is -0.372 e. The summed E-state index contributed by atoms with van der Waals surface area (Å²) in [6, 6.07) is 2.39. The zero-order valence-corrected chi connectivity index (χ0v) is 9.46. The lowest BCUT2D eigenvalue weighted by Gasteiger charge is -2.23. The minimum absolute atomic E-state index is 0.543. The van der Waals surface area contributed by atoms with Gasteiger partial charge in [-0.15, -0.1) is 0 Å². The minimum atomic E-state index is 0.543. The number of hydrogen-bond acceptors (Lipinski definition) is 3. The predicted molar refractivity (Wildman–Crippen MR) is 63.7 cm³/mol. The van der Waals surface area contributed by atoms with Crippen molar-refractivity contribution in [1.82, 2.24) is 15.3 Å². The second-order valence-corrected chi connectivity index (χ2v) is 4.31. The summed E-state index contributed by atoms with van der Waals surface area (Å²) in [6.45, 7) is 0. The maximum atomic E-state index is 5.30. The van der Waals surface area contributed by atoms with Gasteiger partial charge in [-0.2, -0.15) is 0 Å². The first kappa shape index (κ1) is 10.5. The summed E-state index contributed by atoms with van der Waals surface area (Å²) in [5.74, 6) is 0. The van der Waals surface area contributed by atoms with Crippen LogP contribution in [0.5, 0.6) is 0 Å². The second-order valence-electron chi connectivity index (χ2n) is 3.90. The molecule has 0 aliphatic heterocycles. The molecule has 0 saturated heterocycles. The molecule has 0 unspecified atom stereocenters. The van der Waals surface area contributed by atoms with E-state index in [1.807, 2.05) is 6.07 Å². The molecule has 0 radical (unpaired) electrons. The summed E-state index contributed by atoms with van der Waals surface area (Å²) in [5.41, 5.74) is 0.825. The van der Waals surface area contributed by atoms with Gasteiger partial charge in [-0.05, 0) is 18.9 Å². The zero-order valence-electron chi connectivity index (χ0n) is 8.65. The maximum absolute atomic E-state index is 5.30. The van der Waals surface area contributed by atoms with E-state index in [2.05, 4.69) is 15.3 Å². The topological polar surface area (TPSA) is 37.8 Å². The lowest BCUT2D eigenvalue weighted by molar-refractivity contribution is 0.415. The number of thiocarbonyl (C=S) groups is 1. The van der Waals surface area contributed by atoms with Crippen LogP contribution < -0.4 is 5.32 Å². The van der Waals surface area contributed by atoms with Gasteiger partial charge in [-0.1, -0.05) is 31.5 Å². The molecular weight excluding hydrogens is 206 g/mol. The molecule has 0 aromatic carbocycles. The molecular formula is C11H15N3S. The lowest BCUT2D eigenvalue weighted by Crippen LogP contribution is -2.35. The van der Waals surface area contributed by atoms with Crippen molar-refractivity contribution >= 4 is 17.2 Å². The van der Waals surface area contributed by atoms with E-state index in [1.165, 1.54) is 38.4 Å². The Labute approximate surface area is 95.3 Å². The number of rotatable bonds is 2. The van der Waals surface area contributed by atoms with Crippen molar-refractivity contribution in [2.24, 2.45) is 0 Å². The largest absolute Gasteiger partial charge is 0.372 e. The smallest absolute Gasteiger partial charge is 0.125 e. The third kappa shape index (κ3) is 2.96. The van der Waals surface area contributed by atoms with Crippen molar-refractivity contribution in [3.05, 3.63) is 24.3 Å². The second kappa shape index (κ2) is 5.16. The summed E-state index contributed by atoms with van der Waals surface area (Å²) in [7, 11) is 0. The average molecular weight is 221 g/mol. The highest BCUT2D eigenvalue weighted by Crippen LogP contribution is 2.17. The third-order valence-electron chi connectivity index (χ3n) is 2.75. The Kier molecular flexibility index (Phi) is 3.61. The van der Waals surface area contributed by atoms with Gasteiger partial charge in [-0.25, -0.2) is 9.97 Å². The van der Waals surface area contributed by atoms with Gasteiger partial charge in [0, 0.05) is 12.2 Å². The van der Waals surface area contributed by atoms with Crippen molar-refractivity contribution in [2.75, 3.05) is 0 Å². The molecule has 0 spiro atoms. The Morgan fingerprint density at radius 1 is 1.33 bits per heavy atom. The molecule has 1 aromatic rings. The number of nitrogens with zero attached hydrogens (tertiary/aromatic N) is 2. The van der Waals surface area contributed by atoms with Gasteiger partial charge in [0.25, 0.3) is 0 Å². The van der Waals surface area contributed by atoms with Gasteiger partial charge in [0.05, 0.1) is 0 Å². The van der Waals surface area contributed by atoms with Crippen LogP contribution in [0.25, 0.3) is 0 Å². The van der Waals surface area contributed by atoms with E-state index in [0.717, 1.165) is 10.7 Å². The van der Waals surface area contributed by atoms with Crippen LogP contribution in [-0.2, 0) is 0 Å². The van der Waals surface area contributed by atoms with Crippen molar-refractivity contribution in [3.63, 3.8) is 0 Å². The van der Waals surface area contributed by atoms with Gasteiger partial charge in [0.2, 0.25) is 0 Å². The lowest BCUT2D eigenvalue weighted by atomic mass is 9.95. The molecule has 3 nitrogen and oxygen atoms in total. The molecule has 1 aliphatic carbocycles. The summed E-state index contributed by atoms with van der Waals surface area (Å²) < 4.78 is 0. The van der Waals surface area contributed by atoms with E-state index in [0.29, 0.717) is 6.04 Å². The third-order valence-corrected chi connectivity index (χ3v) is 3.08. The quantitative estimate of drug-likeness (QED) is 0.776. The van der Waals surface area contributed by atoms with Crippen molar-refractivity contribution in [3.8, 4) is 0 Å². The molecule has 0 atom stereocenters. The molecule has 15 heavy (non-hydrogen) atoms. The van der Waals surface area contributed by atoms with E-state index in [-0.39, 0.29) is 0 Å². The highest BCUT2D eigenvalue weighted by molar-refractivity contribution is 7.80. The van der Waals surface area contributed by atoms with Gasteiger partial charge < -0.3 is 5.32 Å². The Hall–Kier alpha value is -1.03. The van der Waals surface area contributed by atoms with E-state index < -0.39 is 0 Å². The number of hydrogen-bond donors (Lipinski definition) is 1. The van der Waals surface area contributed by atoms with Gasteiger partial charge in [0.15, 0.2) is 0 Å². The molecule has 4 heteroatoms. The molecule has 1 aliphatic rings. The van der Waals surface area contributed by atoms with Crippen LogP contribution in [-0.4, -0.2) is 21.0 Å². The maximum Gasteiger partial charge on any atom is 0.125 e. The van der Waals surface area contributed by atoms with Gasteiger partial charge >= 0.3 is 0 Å². The van der Waals surface area contributed by atoms with Crippen molar-refractivity contribution in [1.29, 1.82) is 0 Å². The van der Waals surface area contributed by atoms with Crippen molar-refractivity contribution < 1.29 is 0 Å². The van der Waals surface area contributed by atoms with Crippen LogP contribution in [0.1, 0.15) is 37.8 Å². The van der Waals surface area contributed by atoms with Gasteiger partial charge in [-0.3, -0.25) is 0 Å². The predicted octanol–water partition coefficient (Wildman–Crippen LogP) is 2.07. The summed E-state index contributed by atoms with van der Waals surface area (Å²) in [5, 5.41) is 3.38. The fourth-order valence-corrected chi connectivity index (χ4v) is 2.22. The molecule has 1 heterocycles. The van der Waals surface area contributed by atoms with E-state index in [9.17, 15) is 0 Å². The average Bonchev–Trinajstić information content (AvgIpc) is 2.31. The molecule has 80 valence electrons.